The molecule has 0 aromatic carbocycles. The molecule has 1 aromatic rings. The lowest BCUT2D eigenvalue weighted by Crippen LogP contribution is -2.23. The van der Waals surface area contributed by atoms with Crippen LogP contribution in [-0.4, -0.2) is 39.7 Å². The molecule has 16 heavy (non-hydrogen) atoms. The lowest BCUT2D eigenvalue weighted by Gasteiger charge is -2.16. The van der Waals surface area contributed by atoms with Crippen LogP contribution in [0.3, 0.4) is 0 Å². The highest BCUT2D eigenvalue weighted by Gasteiger charge is 2.05. The summed E-state index contributed by atoms with van der Waals surface area (Å²) < 4.78 is 0. The Balaban J connectivity index is 2.52. The minimum atomic E-state index is -0.272. The second kappa shape index (κ2) is 5.77. The Labute approximate surface area is 96.3 Å². The fraction of sp³-hybridized carbons (Fsp3) is 0.636. The molecule has 0 spiro atoms. The van der Waals surface area contributed by atoms with Crippen molar-refractivity contribution in [3.05, 3.63) is 17.6 Å². The van der Waals surface area contributed by atoms with E-state index in [9.17, 15) is 5.11 Å². The Morgan fingerprint density at radius 2 is 2.19 bits per heavy atom. The molecule has 1 heterocycles. The zero-order valence-corrected chi connectivity index (χ0v) is 10.1. The van der Waals surface area contributed by atoms with Crippen molar-refractivity contribution in [2.75, 3.05) is 19.3 Å². The molecule has 0 saturated heterocycles. The maximum Gasteiger partial charge on any atom is 0.144 e. The van der Waals surface area contributed by atoms with E-state index in [1.54, 1.807) is 13.0 Å². The molecular formula is C11H20N4O. The molecule has 5 nitrogen and oxygen atoms in total. The first kappa shape index (κ1) is 12.9. The number of nitrogens with zero attached hydrogens (tertiary/aromatic N) is 3. The lowest BCUT2D eigenvalue weighted by molar-refractivity contribution is 0.162. The number of aromatic nitrogens is 2. The molecule has 0 radical (unpaired) electrons. The van der Waals surface area contributed by atoms with Crippen LogP contribution in [0.1, 0.15) is 24.9 Å². The molecule has 0 amide bonds. The van der Waals surface area contributed by atoms with Gasteiger partial charge >= 0.3 is 0 Å². The highest BCUT2D eigenvalue weighted by atomic mass is 16.3. The van der Waals surface area contributed by atoms with Crippen molar-refractivity contribution >= 4 is 5.82 Å². The van der Waals surface area contributed by atoms with Gasteiger partial charge in [0.2, 0.25) is 0 Å². The summed E-state index contributed by atoms with van der Waals surface area (Å²) in [5.41, 5.74) is 6.53. The monoisotopic (exact) mass is 224 g/mol. The zero-order chi connectivity index (χ0) is 12.1. The molecule has 0 aliphatic carbocycles. The van der Waals surface area contributed by atoms with Crippen molar-refractivity contribution in [3.63, 3.8) is 0 Å². The summed E-state index contributed by atoms with van der Waals surface area (Å²) in [6.45, 7) is 5.15. The first-order chi connectivity index (χ1) is 7.47. The molecule has 5 heteroatoms. The first-order valence-corrected chi connectivity index (χ1v) is 5.44. The van der Waals surface area contributed by atoms with Crippen LogP contribution < -0.4 is 5.73 Å². The molecule has 0 fully saturated rings. The number of nitrogens with two attached hydrogens (primary N) is 1. The summed E-state index contributed by atoms with van der Waals surface area (Å²) in [4.78, 5) is 10.5. The van der Waals surface area contributed by atoms with E-state index in [0.29, 0.717) is 12.4 Å². The molecular weight excluding hydrogens is 204 g/mol. The number of aryl methyl sites for hydroxylation is 1. The molecule has 0 bridgehead atoms. The minimum Gasteiger partial charge on any atom is -0.393 e. The maximum absolute atomic E-state index is 9.18. The average Bonchev–Trinajstić information content (AvgIpc) is 2.12. The van der Waals surface area contributed by atoms with Gasteiger partial charge < -0.3 is 10.8 Å². The Hall–Kier alpha value is -1.20. The summed E-state index contributed by atoms with van der Waals surface area (Å²) in [7, 11) is 1.98. The van der Waals surface area contributed by atoms with Gasteiger partial charge in [-0.1, -0.05) is 0 Å². The summed E-state index contributed by atoms with van der Waals surface area (Å²) in [6.07, 6.45) is 0.476. The molecule has 1 rings (SSSR count). The highest BCUT2D eigenvalue weighted by Crippen LogP contribution is 2.04. The number of hydrogen-bond donors (Lipinski definition) is 2. The van der Waals surface area contributed by atoms with E-state index in [1.807, 2.05) is 14.0 Å². The van der Waals surface area contributed by atoms with Crippen LogP contribution in [0, 0.1) is 6.92 Å². The minimum absolute atomic E-state index is 0.272. The van der Waals surface area contributed by atoms with Crippen LogP contribution in [0.5, 0.6) is 0 Å². The number of nitrogen functional groups attached to an aromatic ring is 1. The van der Waals surface area contributed by atoms with Crippen LogP contribution in [0.25, 0.3) is 0 Å². The van der Waals surface area contributed by atoms with Crippen molar-refractivity contribution in [2.45, 2.75) is 32.9 Å². The molecule has 1 aromatic heterocycles. The van der Waals surface area contributed by atoms with Crippen LogP contribution in [0.2, 0.25) is 0 Å². The zero-order valence-electron chi connectivity index (χ0n) is 10.1. The van der Waals surface area contributed by atoms with E-state index in [4.69, 9.17) is 5.73 Å². The Kier molecular flexibility index (Phi) is 4.64. The fourth-order valence-corrected chi connectivity index (χ4v) is 1.45. The van der Waals surface area contributed by atoms with E-state index in [1.165, 1.54) is 0 Å². The Bertz CT molecular complexity index is 321. The smallest absolute Gasteiger partial charge is 0.144 e. The van der Waals surface area contributed by atoms with Gasteiger partial charge in [-0.25, -0.2) is 9.97 Å². The van der Waals surface area contributed by atoms with Gasteiger partial charge in [0.25, 0.3) is 0 Å². The summed E-state index contributed by atoms with van der Waals surface area (Å²) in [6, 6.07) is 1.75. The SMILES string of the molecule is Cc1cc(N)nc(CN(C)CCC(C)O)n1. The average molecular weight is 224 g/mol. The van der Waals surface area contributed by atoms with E-state index in [2.05, 4.69) is 14.9 Å². The van der Waals surface area contributed by atoms with E-state index < -0.39 is 0 Å². The van der Waals surface area contributed by atoms with Gasteiger partial charge in [-0.05, 0) is 27.3 Å². The van der Waals surface area contributed by atoms with Gasteiger partial charge in [0.15, 0.2) is 0 Å². The molecule has 0 saturated carbocycles. The predicted octanol–water partition coefficient (Wildman–Crippen LogP) is 0.570. The maximum atomic E-state index is 9.18. The largest absolute Gasteiger partial charge is 0.393 e. The highest BCUT2D eigenvalue weighted by molar-refractivity contribution is 5.29. The van der Waals surface area contributed by atoms with Crippen LogP contribution in [-0.2, 0) is 6.54 Å². The first-order valence-electron chi connectivity index (χ1n) is 5.44. The third-order valence-electron chi connectivity index (χ3n) is 2.26. The van der Waals surface area contributed by atoms with Gasteiger partial charge in [0.05, 0.1) is 12.6 Å². The lowest BCUT2D eigenvalue weighted by atomic mass is 10.3. The summed E-state index contributed by atoms with van der Waals surface area (Å²) in [5, 5.41) is 9.18. The van der Waals surface area contributed by atoms with Crippen LogP contribution >= 0.6 is 0 Å². The van der Waals surface area contributed by atoms with Gasteiger partial charge in [-0.3, -0.25) is 4.90 Å². The van der Waals surface area contributed by atoms with Crippen molar-refractivity contribution in [1.29, 1.82) is 0 Å². The number of aliphatic hydroxyl groups excluding tert-OH is 1. The third kappa shape index (κ3) is 4.55. The fourth-order valence-electron chi connectivity index (χ4n) is 1.45. The molecule has 0 aliphatic rings. The van der Waals surface area contributed by atoms with Crippen molar-refractivity contribution in [1.82, 2.24) is 14.9 Å². The van der Waals surface area contributed by atoms with Gasteiger partial charge in [-0.15, -0.1) is 0 Å². The molecule has 1 atom stereocenters. The Morgan fingerprint density at radius 1 is 1.50 bits per heavy atom. The van der Waals surface area contributed by atoms with E-state index in [-0.39, 0.29) is 6.10 Å². The van der Waals surface area contributed by atoms with Crippen LogP contribution in [0.4, 0.5) is 5.82 Å². The van der Waals surface area contributed by atoms with Crippen molar-refractivity contribution in [2.24, 2.45) is 0 Å². The number of anilines is 1. The number of hydrogen-bond acceptors (Lipinski definition) is 5. The third-order valence-corrected chi connectivity index (χ3v) is 2.26. The molecule has 1 unspecified atom stereocenters. The standard InChI is InChI=1S/C11H20N4O/c1-8-6-10(12)14-11(13-8)7-15(3)5-4-9(2)16/h6,9,16H,4-5,7H2,1-3H3,(H2,12,13,14). The Morgan fingerprint density at radius 3 is 2.75 bits per heavy atom. The van der Waals surface area contributed by atoms with E-state index in [0.717, 1.165) is 24.5 Å². The van der Waals surface area contributed by atoms with Crippen molar-refractivity contribution < 1.29 is 5.11 Å². The predicted molar refractivity (Wildman–Crippen MR) is 63.8 cm³/mol. The van der Waals surface area contributed by atoms with Gasteiger partial charge in [0, 0.05) is 18.3 Å². The molecule has 3 N–H and O–H groups in total. The molecule has 90 valence electrons. The van der Waals surface area contributed by atoms with Gasteiger partial charge in [-0.2, -0.15) is 0 Å². The second-order valence-electron chi connectivity index (χ2n) is 4.23. The van der Waals surface area contributed by atoms with Crippen molar-refractivity contribution in [3.8, 4) is 0 Å². The quantitative estimate of drug-likeness (QED) is 0.764. The van der Waals surface area contributed by atoms with Gasteiger partial charge in [0.1, 0.15) is 11.6 Å². The number of aliphatic hydroxyl groups is 1. The normalized spacial score (nSPS) is 13.1. The summed E-state index contributed by atoms with van der Waals surface area (Å²) in [5.74, 6) is 1.23. The summed E-state index contributed by atoms with van der Waals surface area (Å²) >= 11 is 0. The number of rotatable bonds is 5. The second-order valence-corrected chi connectivity index (χ2v) is 4.23. The van der Waals surface area contributed by atoms with E-state index >= 15 is 0 Å². The molecule has 0 aliphatic heterocycles. The topological polar surface area (TPSA) is 75.3 Å². The van der Waals surface area contributed by atoms with Crippen LogP contribution in [0.15, 0.2) is 6.07 Å².